The van der Waals surface area contributed by atoms with Crippen molar-refractivity contribution < 1.29 is 0 Å². The summed E-state index contributed by atoms with van der Waals surface area (Å²) in [5.74, 6) is 0. The second-order valence-electron chi connectivity index (χ2n) is 4.81. The molecule has 94 valence electrons. The van der Waals surface area contributed by atoms with Crippen LogP contribution in [0.5, 0.6) is 0 Å². The van der Waals surface area contributed by atoms with E-state index in [9.17, 15) is 0 Å². The lowest BCUT2D eigenvalue weighted by molar-refractivity contribution is 0.234. The molecule has 0 spiro atoms. The van der Waals surface area contributed by atoms with Gasteiger partial charge < -0.3 is 5.32 Å². The average molecular weight is 261 g/mol. The van der Waals surface area contributed by atoms with Crippen LogP contribution in [-0.2, 0) is 6.54 Å². The third-order valence-electron chi connectivity index (χ3n) is 3.54. The average Bonchev–Trinajstić information content (AvgIpc) is 2.41. The van der Waals surface area contributed by atoms with Crippen molar-refractivity contribution in [1.29, 1.82) is 0 Å². The molecule has 18 heavy (non-hydrogen) atoms. The van der Waals surface area contributed by atoms with Crippen LogP contribution in [0.25, 0.3) is 10.8 Å². The SMILES string of the molecule is Clc1ccc2cccc(CN3CCNCC3)c2c1. The molecular formula is C15H17ClN2. The lowest BCUT2D eigenvalue weighted by Crippen LogP contribution is -2.42. The molecule has 1 aliphatic rings. The first-order valence-corrected chi connectivity index (χ1v) is 6.81. The molecule has 1 N–H and O–H groups in total. The van der Waals surface area contributed by atoms with E-state index in [1.807, 2.05) is 6.07 Å². The molecule has 2 aromatic rings. The van der Waals surface area contributed by atoms with Crippen molar-refractivity contribution in [2.75, 3.05) is 26.2 Å². The topological polar surface area (TPSA) is 15.3 Å². The van der Waals surface area contributed by atoms with Crippen molar-refractivity contribution in [2.45, 2.75) is 6.54 Å². The van der Waals surface area contributed by atoms with Crippen LogP contribution < -0.4 is 5.32 Å². The fourth-order valence-corrected chi connectivity index (χ4v) is 2.73. The van der Waals surface area contributed by atoms with Crippen molar-refractivity contribution in [3.8, 4) is 0 Å². The molecule has 2 aromatic carbocycles. The van der Waals surface area contributed by atoms with E-state index >= 15 is 0 Å². The van der Waals surface area contributed by atoms with E-state index in [4.69, 9.17) is 11.6 Å². The minimum atomic E-state index is 0.815. The predicted octanol–water partition coefficient (Wildman–Crippen LogP) is 2.90. The number of piperazine rings is 1. The first-order valence-electron chi connectivity index (χ1n) is 6.43. The number of fused-ring (bicyclic) bond motifs is 1. The molecule has 0 bridgehead atoms. The Morgan fingerprint density at radius 2 is 1.94 bits per heavy atom. The Labute approximate surface area is 113 Å². The summed E-state index contributed by atoms with van der Waals surface area (Å²) in [7, 11) is 0. The maximum absolute atomic E-state index is 6.11. The van der Waals surface area contributed by atoms with Gasteiger partial charge in [0.05, 0.1) is 0 Å². The standard InChI is InChI=1S/C15H17ClN2/c16-14-5-4-12-2-1-3-13(15(12)10-14)11-18-8-6-17-7-9-18/h1-5,10,17H,6-9,11H2. The van der Waals surface area contributed by atoms with Crippen molar-refractivity contribution in [3.05, 3.63) is 47.0 Å². The van der Waals surface area contributed by atoms with Gasteiger partial charge in [-0.3, -0.25) is 4.90 Å². The Kier molecular flexibility index (Phi) is 3.50. The van der Waals surface area contributed by atoms with E-state index in [0.717, 1.165) is 37.7 Å². The Hall–Kier alpha value is -1.09. The van der Waals surface area contributed by atoms with Crippen LogP contribution in [-0.4, -0.2) is 31.1 Å². The predicted molar refractivity (Wildman–Crippen MR) is 77.1 cm³/mol. The van der Waals surface area contributed by atoms with E-state index in [1.165, 1.54) is 16.3 Å². The molecule has 0 radical (unpaired) electrons. The van der Waals surface area contributed by atoms with Crippen LogP contribution in [0.2, 0.25) is 5.02 Å². The summed E-state index contributed by atoms with van der Waals surface area (Å²) in [5.41, 5.74) is 1.37. The Morgan fingerprint density at radius 1 is 1.11 bits per heavy atom. The molecule has 0 amide bonds. The Balaban J connectivity index is 1.92. The Morgan fingerprint density at radius 3 is 2.78 bits per heavy atom. The fraction of sp³-hybridized carbons (Fsp3) is 0.333. The van der Waals surface area contributed by atoms with Crippen molar-refractivity contribution in [2.24, 2.45) is 0 Å². The van der Waals surface area contributed by atoms with Crippen LogP contribution in [0.1, 0.15) is 5.56 Å². The van der Waals surface area contributed by atoms with E-state index in [2.05, 4.69) is 40.5 Å². The maximum atomic E-state index is 6.11. The fourth-order valence-electron chi connectivity index (χ4n) is 2.56. The summed E-state index contributed by atoms with van der Waals surface area (Å²) in [4.78, 5) is 2.49. The molecule has 1 aliphatic heterocycles. The molecule has 0 unspecified atom stereocenters. The van der Waals surface area contributed by atoms with Gasteiger partial charge in [-0.25, -0.2) is 0 Å². The van der Waals surface area contributed by atoms with Crippen molar-refractivity contribution in [3.63, 3.8) is 0 Å². The molecule has 0 atom stereocenters. The summed E-state index contributed by atoms with van der Waals surface area (Å²) >= 11 is 6.11. The second-order valence-corrected chi connectivity index (χ2v) is 5.25. The molecule has 1 fully saturated rings. The van der Waals surface area contributed by atoms with E-state index < -0.39 is 0 Å². The molecule has 0 aromatic heterocycles. The highest BCUT2D eigenvalue weighted by molar-refractivity contribution is 6.31. The minimum absolute atomic E-state index is 0.815. The van der Waals surface area contributed by atoms with Crippen LogP contribution in [0.15, 0.2) is 36.4 Å². The maximum Gasteiger partial charge on any atom is 0.0412 e. The highest BCUT2D eigenvalue weighted by Gasteiger charge is 2.11. The second kappa shape index (κ2) is 5.27. The molecule has 2 nitrogen and oxygen atoms in total. The monoisotopic (exact) mass is 260 g/mol. The van der Waals surface area contributed by atoms with Gasteiger partial charge in [0.25, 0.3) is 0 Å². The first-order chi connectivity index (χ1) is 8.83. The lowest BCUT2D eigenvalue weighted by Gasteiger charge is -2.27. The molecule has 1 saturated heterocycles. The van der Waals surface area contributed by atoms with Gasteiger partial charge in [0.1, 0.15) is 0 Å². The molecule has 0 aliphatic carbocycles. The first kappa shape index (κ1) is 12.0. The molecule has 0 saturated carbocycles. The number of halogens is 1. The van der Waals surface area contributed by atoms with Crippen LogP contribution in [0, 0.1) is 0 Å². The van der Waals surface area contributed by atoms with Gasteiger partial charge in [-0.1, -0.05) is 35.9 Å². The third-order valence-corrected chi connectivity index (χ3v) is 3.77. The quantitative estimate of drug-likeness (QED) is 0.893. The zero-order chi connectivity index (χ0) is 12.4. The number of rotatable bonds is 2. The van der Waals surface area contributed by atoms with Gasteiger partial charge in [-0.15, -0.1) is 0 Å². The van der Waals surface area contributed by atoms with Gasteiger partial charge in [-0.2, -0.15) is 0 Å². The summed E-state index contributed by atoms with van der Waals surface area (Å²) < 4.78 is 0. The van der Waals surface area contributed by atoms with Crippen LogP contribution in [0.4, 0.5) is 0 Å². The molecule has 3 heteroatoms. The highest BCUT2D eigenvalue weighted by atomic mass is 35.5. The van der Waals surface area contributed by atoms with Crippen LogP contribution >= 0.6 is 11.6 Å². The minimum Gasteiger partial charge on any atom is -0.314 e. The molecule has 3 rings (SSSR count). The van der Waals surface area contributed by atoms with Crippen LogP contribution in [0.3, 0.4) is 0 Å². The Bertz CT molecular complexity index is 547. The van der Waals surface area contributed by atoms with E-state index in [0.29, 0.717) is 0 Å². The molecular weight excluding hydrogens is 244 g/mol. The molecule has 1 heterocycles. The van der Waals surface area contributed by atoms with Gasteiger partial charge in [0, 0.05) is 37.7 Å². The van der Waals surface area contributed by atoms with Gasteiger partial charge in [-0.05, 0) is 28.5 Å². The van der Waals surface area contributed by atoms with Gasteiger partial charge in [0.15, 0.2) is 0 Å². The third kappa shape index (κ3) is 2.51. The zero-order valence-corrected chi connectivity index (χ0v) is 11.1. The van der Waals surface area contributed by atoms with Crippen molar-refractivity contribution in [1.82, 2.24) is 10.2 Å². The number of hydrogen-bond acceptors (Lipinski definition) is 2. The summed E-state index contributed by atoms with van der Waals surface area (Å²) in [5, 5.41) is 6.75. The number of nitrogens with zero attached hydrogens (tertiary/aromatic N) is 1. The summed E-state index contributed by atoms with van der Waals surface area (Å²) in [6.45, 7) is 5.43. The smallest absolute Gasteiger partial charge is 0.0412 e. The number of benzene rings is 2. The highest BCUT2D eigenvalue weighted by Crippen LogP contribution is 2.24. The van der Waals surface area contributed by atoms with Gasteiger partial charge >= 0.3 is 0 Å². The summed E-state index contributed by atoms with van der Waals surface area (Å²) in [6, 6.07) is 12.6. The van der Waals surface area contributed by atoms with Crippen molar-refractivity contribution >= 4 is 22.4 Å². The van der Waals surface area contributed by atoms with Gasteiger partial charge in [0.2, 0.25) is 0 Å². The number of nitrogens with one attached hydrogen (secondary N) is 1. The van der Waals surface area contributed by atoms with E-state index in [1.54, 1.807) is 0 Å². The summed E-state index contributed by atoms with van der Waals surface area (Å²) in [6.07, 6.45) is 0. The number of hydrogen-bond donors (Lipinski definition) is 1. The lowest BCUT2D eigenvalue weighted by atomic mass is 10.0. The normalized spacial score (nSPS) is 17.2. The largest absolute Gasteiger partial charge is 0.314 e. The van der Waals surface area contributed by atoms with E-state index in [-0.39, 0.29) is 0 Å². The zero-order valence-electron chi connectivity index (χ0n) is 10.3.